The number of ether oxygens (including phenoxy) is 1. The standard InChI is InChI=1S/C23H19BrN2O4/c24-20-12-25-10-9-14(20)11-21(22(27)28)26-23(29)30-13-19-17-7-3-1-5-15(17)16-6-2-4-8-18(16)19/h1-10,12,19,21H,11,13H2,(H,26,29)(H,27,28)/t21-/m0/s1. The second-order valence-corrected chi connectivity index (χ2v) is 7.89. The summed E-state index contributed by atoms with van der Waals surface area (Å²) in [5.41, 5.74) is 5.20. The van der Waals surface area contributed by atoms with Crippen LogP contribution in [0.2, 0.25) is 0 Å². The van der Waals surface area contributed by atoms with Crippen LogP contribution in [0.25, 0.3) is 11.1 Å². The van der Waals surface area contributed by atoms with Crippen LogP contribution in [0.4, 0.5) is 4.79 Å². The monoisotopic (exact) mass is 466 g/mol. The van der Waals surface area contributed by atoms with Gasteiger partial charge in [-0.15, -0.1) is 0 Å². The average Bonchev–Trinajstić information content (AvgIpc) is 3.07. The number of carbonyl (C=O) groups is 2. The van der Waals surface area contributed by atoms with Gasteiger partial charge in [0.15, 0.2) is 0 Å². The maximum atomic E-state index is 12.4. The van der Waals surface area contributed by atoms with Gasteiger partial charge in [0.1, 0.15) is 12.6 Å². The highest BCUT2D eigenvalue weighted by Gasteiger charge is 2.29. The molecule has 0 bridgehead atoms. The van der Waals surface area contributed by atoms with E-state index in [1.165, 1.54) is 0 Å². The van der Waals surface area contributed by atoms with E-state index in [4.69, 9.17) is 4.74 Å². The van der Waals surface area contributed by atoms with Gasteiger partial charge in [0.25, 0.3) is 0 Å². The third-order valence-corrected chi connectivity index (χ3v) is 5.93. The normalized spacial score (nSPS) is 13.2. The lowest BCUT2D eigenvalue weighted by Crippen LogP contribution is -2.43. The van der Waals surface area contributed by atoms with Gasteiger partial charge in [-0.1, -0.05) is 48.5 Å². The van der Waals surface area contributed by atoms with E-state index >= 15 is 0 Å². The molecular weight excluding hydrogens is 448 g/mol. The summed E-state index contributed by atoms with van der Waals surface area (Å²) in [6.07, 6.45) is 2.52. The zero-order valence-corrected chi connectivity index (χ0v) is 17.5. The van der Waals surface area contributed by atoms with Gasteiger partial charge in [0.05, 0.1) is 0 Å². The minimum atomic E-state index is -1.13. The summed E-state index contributed by atoms with van der Waals surface area (Å²) in [7, 11) is 0. The van der Waals surface area contributed by atoms with Crippen LogP contribution < -0.4 is 5.32 Å². The summed E-state index contributed by atoms with van der Waals surface area (Å²) in [5, 5.41) is 12.0. The molecule has 152 valence electrons. The number of carboxylic acids is 1. The first-order chi connectivity index (χ1) is 14.5. The zero-order valence-electron chi connectivity index (χ0n) is 15.9. The lowest BCUT2D eigenvalue weighted by molar-refractivity contribution is -0.139. The number of hydrogen-bond donors (Lipinski definition) is 2. The van der Waals surface area contributed by atoms with E-state index in [2.05, 4.69) is 38.4 Å². The molecule has 0 aliphatic heterocycles. The molecular formula is C23H19BrN2O4. The SMILES string of the molecule is O=C(N[C@@H](Cc1ccncc1Br)C(=O)O)OCC1c2ccccc2-c2ccccc21. The van der Waals surface area contributed by atoms with Crippen molar-refractivity contribution in [2.24, 2.45) is 0 Å². The van der Waals surface area contributed by atoms with Crippen molar-refractivity contribution in [1.82, 2.24) is 10.3 Å². The Hall–Kier alpha value is -3.19. The van der Waals surface area contributed by atoms with Crippen molar-refractivity contribution in [2.45, 2.75) is 18.4 Å². The first-order valence-corrected chi connectivity index (χ1v) is 10.3. The number of nitrogens with zero attached hydrogens (tertiary/aromatic N) is 1. The fourth-order valence-electron chi connectivity index (χ4n) is 3.77. The first-order valence-electron chi connectivity index (χ1n) is 9.47. The number of alkyl carbamates (subject to hydrolysis) is 1. The minimum absolute atomic E-state index is 0.0826. The Bertz CT molecular complexity index is 1060. The molecule has 1 atom stereocenters. The molecule has 7 heteroatoms. The van der Waals surface area contributed by atoms with E-state index in [0.717, 1.165) is 27.8 Å². The molecule has 1 aliphatic rings. The van der Waals surface area contributed by atoms with Crippen LogP contribution in [0.1, 0.15) is 22.6 Å². The maximum Gasteiger partial charge on any atom is 0.407 e. The molecule has 0 spiro atoms. The Morgan fingerprint density at radius 1 is 1.07 bits per heavy atom. The van der Waals surface area contributed by atoms with Crippen molar-refractivity contribution < 1.29 is 19.4 Å². The smallest absolute Gasteiger partial charge is 0.407 e. The number of rotatable bonds is 6. The number of amides is 1. The number of fused-ring (bicyclic) bond motifs is 3. The largest absolute Gasteiger partial charge is 0.480 e. The van der Waals surface area contributed by atoms with Crippen LogP contribution in [-0.2, 0) is 16.0 Å². The molecule has 2 aromatic carbocycles. The molecule has 1 aromatic heterocycles. The number of carbonyl (C=O) groups excluding carboxylic acids is 1. The number of nitrogens with one attached hydrogen (secondary N) is 1. The van der Waals surface area contributed by atoms with Crippen LogP contribution in [0.5, 0.6) is 0 Å². The van der Waals surface area contributed by atoms with Crippen LogP contribution in [-0.4, -0.2) is 34.8 Å². The summed E-state index contributed by atoms with van der Waals surface area (Å²) in [5.74, 6) is -1.21. The van der Waals surface area contributed by atoms with Gasteiger partial charge in [-0.3, -0.25) is 4.98 Å². The van der Waals surface area contributed by atoms with Crippen LogP contribution in [0, 0.1) is 0 Å². The number of pyridine rings is 1. The summed E-state index contributed by atoms with van der Waals surface area (Å²) in [6, 6.07) is 16.7. The number of benzene rings is 2. The molecule has 6 nitrogen and oxygen atoms in total. The molecule has 4 rings (SSSR count). The first kappa shape index (κ1) is 20.1. The number of aromatic nitrogens is 1. The van der Waals surface area contributed by atoms with Gasteiger partial charge in [0, 0.05) is 29.2 Å². The average molecular weight is 467 g/mol. The predicted molar refractivity (Wildman–Crippen MR) is 115 cm³/mol. The lowest BCUT2D eigenvalue weighted by Gasteiger charge is -2.18. The number of aliphatic carboxylic acids is 1. The van der Waals surface area contributed by atoms with Crippen molar-refractivity contribution in [3.05, 3.63) is 88.2 Å². The van der Waals surface area contributed by atoms with Crippen LogP contribution in [0.3, 0.4) is 0 Å². The highest BCUT2D eigenvalue weighted by atomic mass is 79.9. The highest BCUT2D eigenvalue weighted by Crippen LogP contribution is 2.44. The topological polar surface area (TPSA) is 88.5 Å². The highest BCUT2D eigenvalue weighted by molar-refractivity contribution is 9.10. The van der Waals surface area contributed by atoms with Crippen molar-refractivity contribution in [3.8, 4) is 11.1 Å². The van der Waals surface area contributed by atoms with Crippen LogP contribution >= 0.6 is 15.9 Å². The van der Waals surface area contributed by atoms with E-state index < -0.39 is 18.1 Å². The van der Waals surface area contributed by atoms with Crippen molar-refractivity contribution in [2.75, 3.05) is 6.61 Å². The number of carboxylic acid groups (broad SMARTS) is 1. The molecule has 0 radical (unpaired) electrons. The fourth-order valence-corrected chi connectivity index (χ4v) is 4.18. The predicted octanol–water partition coefficient (Wildman–Crippen LogP) is 4.38. The molecule has 30 heavy (non-hydrogen) atoms. The van der Waals surface area contributed by atoms with Gasteiger partial charge in [-0.25, -0.2) is 9.59 Å². The van der Waals surface area contributed by atoms with Crippen molar-refractivity contribution in [1.29, 1.82) is 0 Å². The number of halogens is 1. The third-order valence-electron chi connectivity index (χ3n) is 5.21. The Morgan fingerprint density at radius 2 is 1.70 bits per heavy atom. The molecule has 1 aliphatic carbocycles. The van der Waals surface area contributed by atoms with Crippen molar-refractivity contribution in [3.63, 3.8) is 0 Å². The van der Waals surface area contributed by atoms with E-state index in [9.17, 15) is 14.7 Å². The third kappa shape index (κ3) is 4.07. The van der Waals surface area contributed by atoms with E-state index in [-0.39, 0.29) is 18.9 Å². The van der Waals surface area contributed by atoms with Gasteiger partial charge in [-0.05, 0) is 49.8 Å². The Morgan fingerprint density at radius 3 is 2.30 bits per heavy atom. The maximum absolute atomic E-state index is 12.4. The molecule has 0 unspecified atom stereocenters. The summed E-state index contributed by atoms with van der Waals surface area (Å²) in [6.45, 7) is 0.130. The quantitative estimate of drug-likeness (QED) is 0.562. The lowest BCUT2D eigenvalue weighted by atomic mass is 9.98. The van der Waals surface area contributed by atoms with Gasteiger partial charge in [0.2, 0.25) is 0 Å². The van der Waals surface area contributed by atoms with E-state index in [1.54, 1.807) is 18.5 Å². The second kappa shape index (κ2) is 8.67. The zero-order chi connectivity index (χ0) is 21.1. The molecule has 0 saturated heterocycles. The molecule has 1 heterocycles. The Kier molecular flexibility index (Phi) is 5.81. The van der Waals surface area contributed by atoms with Gasteiger partial charge < -0.3 is 15.2 Å². The molecule has 1 amide bonds. The summed E-state index contributed by atoms with van der Waals surface area (Å²) in [4.78, 5) is 28.0. The molecule has 2 N–H and O–H groups in total. The van der Waals surface area contributed by atoms with Crippen LogP contribution in [0.15, 0.2) is 71.5 Å². The summed E-state index contributed by atoms with van der Waals surface area (Å²) < 4.78 is 6.14. The molecule has 0 saturated carbocycles. The Balaban J connectivity index is 1.44. The van der Waals surface area contributed by atoms with E-state index in [0.29, 0.717) is 4.47 Å². The molecule has 0 fully saturated rings. The van der Waals surface area contributed by atoms with Gasteiger partial charge >= 0.3 is 12.1 Å². The minimum Gasteiger partial charge on any atom is -0.480 e. The Labute approximate surface area is 182 Å². The van der Waals surface area contributed by atoms with Gasteiger partial charge in [-0.2, -0.15) is 0 Å². The van der Waals surface area contributed by atoms with Crippen molar-refractivity contribution >= 4 is 28.0 Å². The fraction of sp³-hybridized carbons (Fsp3) is 0.174. The van der Waals surface area contributed by atoms with E-state index in [1.807, 2.05) is 36.4 Å². The second-order valence-electron chi connectivity index (χ2n) is 7.03. The number of hydrogen-bond acceptors (Lipinski definition) is 4. The molecule has 3 aromatic rings. The summed E-state index contributed by atoms with van der Waals surface area (Å²) >= 11 is 3.35.